The first-order valence-electron chi connectivity index (χ1n) is 6.08. The zero-order chi connectivity index (χ0) is 11.7. The molecular weight excluding hydrogens is 190 g/mol. The summed E-state index contributed by atoms with van der Waals surface area (Å²) in [5.74, 6) is 0.738. The molecule has 0 aromatic heterocycles. The Morgan fingerprint density at radius 1 is 1.00 bits per heavy atom. The van der Waals surface area contributed by atoms with Crippen LogP contribution in [-0.4, -0.2) is 32.1 Å². The molecule has 3 heteroatoms. The standard InChI is InChI=1S/C12H27NO2/c1-6-14-12(15-7-2)11(5)13-9-8-10(3)4/h10-13H,6-9H2,1-5H3/t11-/m1/s1. The van der Waals surface area contributed by atoms with E-state index in [1.807, 2.05) is 13.8 Å². The Bertz CT molecular complexity index is 134. The summed E-state index contributed by atoms with van der Waals surface area (Å²) in [5, 5.41) is 3.43. The molecule has 0 aromatic rings. The summed E-state index contributed by atoms with van der Waals surface area (Å²) >= 11 is 0. The Kier molecular flexibility index (Phi) is 9.06. The molecule has 0 saturated carbocycles. The molecule has 0 aliphatic carbocycles. The molecule has 0 rings (SSSR count). The number of rotatable bonds is 9. The van der Waals surface area contributed by atoms with Crippen molar-refractivity contribution in [2.24, 2.45) is 5.92 Å². The fraction of sp³-hybridized carbons (Fsp3) is 1.00. The van der Waals surface area contributed by atoms with Crippen LogP contribution in [0.2, 0.25) is 0 Å². The summed E-state index contributed by atoms with van der Waals surface area (Å²) in [6.07, 6.45) is 1.07. The SMILES string of the molecule is CCOC(OCC)[C@@H](C)NCCC(C)C. The molecule has 3 nitrogen and oxygen atoms in total. The Hall–Kier alpha value is -0.120. The van der Waals surface area contributed by atoms with E-state index >= 15 is 0 Å². The van der Waals surface area contributed by atoms with E-state index in [2.05, 4.69) is 26.1 Å². The first-order valence-corrected chi connectivity index (χ1v) is 6.08. The molecule has 0 bridgehead atoms. The molecule has 0 heterocycles. The van der Waals surface area contributed by atoms with Crippen LogP contribution in [-0.2, 0) is 9.47 Å². The third kappa shape index (κ3) is 7.77. The average Bonchev–Trinajstić information content (AvgIpc) is 2.16. The molecule has 0 radical (unpaired) electrons. The van der Waals surface area contributed by atoms with Crippen LogP contribution < -0.4 is 5.32 Å². The van der Waals surface area contributed by atoms with E-state index in [0.717, 1.165) is 12.5 Å². The van der Waals surface area contributed by atoms with Crippen molar-refractivity contribution < 1.29 is 9.47 Å². The normalized spacial score (nSPS) is 13.8. The second kappa shape index (κ2) is 9.13. The molecule has 1 N–H and O–H groups in total. The number of hydrogen-bond donors (Lipinski definition) is 1. The maximum absolute atomic E-state index is 5.52. The third-order valence-corrected chi connectivity index (χ3v) is 2.26. The Morgan fingerprint density at radius 3 is 1.93 bits per heavy atom. The zero-order valence-electron chi connectivity index (χ0n) is 10.9. The highest BCUT2D eigenvalue weighted by Crippen LogP contribution is 2.03. The molecule has 0 spiro atoms. The summed E-state index contributed by atoms with van der Waals surface area (Å²) < 4.78 is 11.0. The van der Waals surface area contributed by atoms with E-state index in [9.17, 15) is 0 Å². The van der Waals surface area contributed by atoms with Gasteiger partial charge in [0.25, 0.3) is 0 Å². The molecule has 1 atom stereocenters. The lowest BCUT2D eigenvalue weighted by Gasteiger charge is -2.24. The van der Waals surface area contributed by atoms with E-state index in [1.54, 1.807) is 0 Å². The van der Waals surface area contributed by atoms with Crippen LogP contribution in [0.3, 0.4) is 0 Å². The van der Waals surface area contributed by atoms with Gasteiger partial charge in [0, 0.05) is 13.2 Å². The fourth-order valence-electron chi connectivity index (χ4n) is 1.36. The average molecular weight is 217 g/mol. The second-order valence-electron chi connectivity index (χ2n) is 4.20. The van der Waals surface area contributed by atoms with Gasteiger partial charge < -0.3 is 14.8 Å². The minimum absolute atomic E-state index is 0.118. The monoisotopic (exact) mass is 217 g/mol. The van der Waals surface area contributed by atoms with Crippen molar-refractivity contribution in [3.63, 3.8) is 0 Å². The highest BCUT2D eigenvalue weighted by atomic mass is 16.7. The van der Waals surface area contributed by atoms with E-state index in [-0.39, 0.29) is 12.3 Å². The molecule has 0 fully saturated rings. The summed E-state index contributed by atoms with van der Waals surface area (Å²) in [4.78, 5) is 0. The van der Waals surface area contributed by atoms with Gasteiger partial charge in [0.05, 0.1) is 6.04 Å². The number of ether oxygens (including phenoxy) is 2. The first kappa shape index (κ1) is 14.9. The van der Waals surface area contributed by atoms with Crippen molar-refractivity contribution in [2.45, 2.75) is 53.4 Å². The van der Waals surface area contributed by atoms with Gasteiger partial charge in [-0.3, -0.25) is 0 Å². The van der Waals surface area contributed by atoms with Gasteiger partial charge in [0.15, 0.2) is 6.29 Å². The minimum atomic E-state index is -0.118. The minimum Gasteiger partial charge on any atom is -0.351 e. The van der Waals surface area contributed by atoms with Gasteiger partial charge >= 0.3 is 0 Å². The van der Waals surface area contributed by atoms with Crippen molar-refractivity contribution in [3.8, 4) is 0 Å². The van der Waals surface area contributed by atoms with E-state index < -0.39 is 0 Å². The Morgan fingerprint density at radius 2 is 1.53 bits per heavy atom. The Balaban J connectivity index is 3.74. The van der Waals surface area contributed by atoms with Crippen molar-refractivity contribution in [1.82, 2.24) is 5.32 Å². The maximum Gasteiger partial charge on any atom is 0.172 e. The predicted molar refractivity (Wildman–Crippen MR) is 64.0 cm³/mol. The van der Waals surface area contributed by atoms with Crippen LogP contribution in [0, 0.1) is 5.92 Å². The van der Waals surface area contributed by atoms with E-state index in [4.69, 9.17) is 9.47 Å². The third-order valence-electron chi connectivity index (χ3n) is 2.26. The number of nitrogens with one attached hydrogen (secondary N) is 1. The van der Waals surface area contributed by atoms with Crippen LogP contribution in [0.5, 0.6) is 0 Å². The van der Waals surface area contributed by atoms with Gasteiger partial charge in [-0.2, -0.15) is 0 Å². The van der Waals surface area contributed by atoms with E-state index in [1.165, 1.54) is 6.42 Å². The van der Waals surface area contributed by atoms with Crippen LogP contribution in [0.1, 0.15) is 41.0 Å². The van der Waals surface area contributed by atoms with Gasteiger partial charge in [0.1, 0.15) is 0 Å². The molecule has 0 unspecified atom stereocenters. The van der Waals surface area contributed by atoms with Gasteiger partial charge in [-0.25, -0.2) is 0 Å². The molecule has 0 aliphatic rings. The fourth-order valence-corrected chi connectivity index (χ4v) is 1.36. The van der Waals surface area contributed by atoms with Crippen molar-refractivity contribution in [3.05, 3.63) is 0 Å². The van der Waals surface area contributed by atoms with Crippen molar-refractivity contribution in [1.29, 1.82) is 0 Å². The number of hydrogen-bond acceptors (Lipinski definition) is 3. The van der Waals surface area contributed by atoms with Gasteiger partial charge in [-0.15, -0.1) is 0 Å². The molecule has 0 aromatic carbocycles. The van der Waals surface area contributed by atoms with Crippen LogP contribution in [0.15, 0.2) is 0 Å². The lowest BCUT2D eigenvalue weighted by molar-refractivity contribution is -0.150. The molecule has 0 saturated heterocycles. The zero-order valence-corrected chi connectivity index (χ0v) is 10.9. The van der Waals surface area contributed by atoms with Gasteiger partial charge in [-0.1, -0.05) is 13.8 Å². The molecule has 0 aliphatic heterocycles. The smallest absolute Gasteiger partial charge is 0.172 e. The van der Waals surface area contributed by atoms with E-state index in [0.29, 0.717) is 13.2 Å². The molecular formula is C12H27NO2. The predicted octanol–water partition coefficient (Wildman–Crippen LogP) is 2.41. The van der Waals surface area contributed by atoms with Crippen LogP contribution in [0.25, 0.3) is 0 Å². The maximum atomic E-state index is 5.52. The highest BCUT2D eigenvalue weighted by Gasteiger charge is 2.16. The molecule has 92 valence electrons. The summed E-state index contributed by atoms with van der Waals surface area (Å²) in [7, 11) is 0. The van der Waals surface area contributed by atoms with Crippen molar-refractivity contribution >= 4 is 0 Å². The topological polar surface area (TPSA) is 30.5 Å². The quantitative estimate of drug-likeness (QED) is 0.602. The lowest BCUT2D eigenvalue weighted by Crippen LogP contribution is -2.41. The van der Waals surface area contributed by atoms with Gasteiger partial charge in [-0.05, 0) is 39.7 Å². The lowest BCUT2D eigenvalue weighted by atomic mass is 10.1. The second-order valence-corrected chi connectivity index (χ2v) is 4.20. The summed E-state index contributed by atoms with van der Waals surface area (Å²) in [6, 6.07) is 0.253. The van der Waals surface area contributed by atoms with Crippen LogP contribution >= 0.6 is 0 Å². The first-order chi connectivity index (χ1) is 7.11. The van der Waals surface area contributed by atoms with Gasteiger partial charge in [0.2, 0.25) is 0 Å². The summed E-state index contributed by atoms with van der Waals surface area (Å²) in [5.41, 5.74) is 0. The molecule has 15 heavy (non-hydrogen) atoms. The van der Waals surface area contributed by atoms with Crippen LogP contribution in [0.4, 0.5) is 0 Å². The summed E-state index contributed by atoms with van der Waals surface area (Å²) in [6.45, 7) is 13.0. The largest absolute Gasteiger partial charge is 0.351 e. The molecule has 0 amide bonds. The van der Waals surface area contributed by atoms with Crippen molar-refractivity contribution in [2.75, 3.05) is 19.8 Å². The highest BCUT2D eigenvalue weighted by molar-refractivity contribution is 4.65. The Labute approximate surface area is 94.5 Å².